The number of fused-ring (bicyclic) bond motifs is 15. The van der Waals surface area contributed by atoms with E-state index in [2.05, 4.69) is 176 Å². The summed E-state index contributed by atoms with van der Waals surface area (Å²) in [5.41, 5.74) is 13.7. The van der Waals surface area contributed by atoms with Crippen LogP contribution in [0.4, 0.5) is 0 Å². The van der Waals surface area contributed by atoms with Gasteiger partial charge in [0.1, 0.15) is 0 Å². The molecule has 2 aliphatic carbocycles. The number of rotatable bonds is 2. The topological polar surface area (TPSA) is 22.0 Å². The van der Waals surface area contributed by atoms with Crippen LogP contribution in [0.25, 0.3) is 82.3 Å². The van der Waals surface area contributed by atoms with Gasteiger partial charge in [-0.25, -0.2) is 0 Å². The van der Waals surface area contributed by atoms with Gasteiger partial charge in [-0.2, -0.15) is 0 Å². The monoisotopic (exact) mass is 685 g/mol. The van der Waals surface area contributed by atoms with Crippen LogP contribution in [0.1, 0.15) is 22.3 Å². The summed E-state index contributed by atoms with van der Waals surface area (Å²) < 4.78 is 2.04. The van der Waals surface area contributed by atoms with Crippen LogP contribution in [0.2, 0.25) is 0 Å². The Morgan fingerprint density at radius 2 is 0.796 bits per heavy atom. The fraction of sp³-hybridized carbons (Fsp3) is 0.0192. The van der Waals surface area contributed by atoms with Crippen molar-refractivity contribution >= 4 is 43.2 Å². The fourth-order valence-electron chi connectivity index (χ4n) is 10.1. The second-order valence-electron chi connectivity index (χ2n) is 14.7. The van der Waals surface area contributed by atoms with Gasteiger partial charge in [0.05, 0.1) is 16.6 Å². The number of pyridine rings is 1. The molecule has 250 valence electrons. The summed E-state index contributed by atoms with van der Waals surface area (Å²) in [5, 5.41) is 7.08. The average molecular weight is 686 g/mol. The van der Waals surface area contributed by atoms with E-state index < -0.39 is 5.41 Å². The molecule has 0 amide bonds. The van der Waals surface area contributed by atoms with Crippen molar-refractivity contribution in [3.63, 3.8) is 0 Å². The average Bonchev–Trinajstić information content (AvgIpc) is 3.70. The third kappa shape index (κ3) is 3.62. The Morgan fingerprint density at radius 3 is 1.37 bits per heavy atom. The Kier molecular flexibility index (Phi) is 5.88. The molecule has 9 aromatic carbocycles. The van der Waals surface area contributed by atoms with Crippen LogP contribution in [-0.4, -0.2) is 4.57 Å². The minimum Gasteiger partial charge on any atom is -0.275 e. The first-order valence-corrected chi connectivity index (χ1v) is 18.7. The van der Waals surface area contributed by atoms with Crippen LogP contribution in [0.3, 0.4) is 0 Å². The highest BCUT2D eigenvalue weighted by Gasteiger charge is 2.51. The minimum absolute atomic E-state index is 0.0161. The van der Waals surface area contributed by atoms with Crippen LogP contribution < -0.4 is 5.56 Å². The second-order valence-corrected chi connectivity index (χ2v) is 14.7. The predicted octanol–water partition coefficient (Wildman–Crippen LogP) is 12.5. The summed E-state index contributed by atoms with van der Waals surface area (Å²) in [5.74, 6) is 0. The van der Waals surface area contributed by atoms with Crippen LogP contribution in [0, 0.1) is 0 Å². The lowest BCUT2D eigenvalue weighted by Crippen LogP contribution is -2.26. The summed E-state index contributed by atoms with van der Waals surface area (Å²) in [6.07, 6.45) is 0. The van der Waals surface area contributed by atoms with Gasteiger partial charge in [0, 0.05) is 21.5 Å². The molecule has 0 fully saturated rings. The third-order valence-corrected chi connectivity index (χ3v) is 12.2. The molecular formula is C52H31NO. The van der Waals surface area contributed by atoms with E-state index in [0.29, 0.717) is 5.39 Å². The molecule has 0 radical (unpaired) electrons. The number of aromatic nitrogens is 1. The van der Waals surface area contributed by atoms with E-state index in [9.17, 15) is 0 Å². The van der Waals surface area contributed by atoms with Crippen molar-refractivity contribution in [1.82, 2.24) is 4.57 Å². The van der Waals surface area contributed by atoms with E-state index in [1.807, 2.05) is 16.7 Å². The largest absolute Gasteiger partial charge is 0.275 e. The zero-order valence-electron chi connectivity index (χ0n) is 29.3. The van der Waals surface area contributed by atoms with Crippen LogP contribution in [-0.2, 0) is 5.41 Å². The molecule has 54 heavy (non-hydrogen) atoms. The Labute approximate surface area is 311 Å². The van der Waals surface area contributed by atoms with Crippen molar-refractivity contribution in [3.05, 3.63) is 221 Å². The smallest absolute Gasteiger partial charge is 0.263 e. The Balaban J connectivity index is 1.30. The molecule has 0 unspecified atom stereocenters. The minimum atomic E-state index is -0.527. The summed E-state index contributed by atoms with van der Waals surface area (Å²) in [6.45, 7) is 0. The molecule has 0 aliphatic heterocycles. The van der Waals surface area contributed by atoms with Gasteiger partial charge < -0.3 is 0 Å². The van der Waals surface area contributed by atoms with Crippen LogP contribution >= 0.6 is 0 Å². The molecular weight excluding hydrogens is 655 g/mol. The zero-order valence-corrected chi connectivity index (χ0v) is 29.3. The maximum absolute atomic E-state index is 15.4. The Hall–Kier alpha value is -7.03. The lowest BCUT2D eigenvalue weighted by Gasteiger charge is -2.31. The lowest BCUT2D eigenvalue weighted by molar-refractivity contribution is 0.794. The van der Waals surface area contributed by atoms with E-state index in [1.165, 1.54) is 50.1 Å². The Bertz CT molecular complexity index is 3190. The van der Waals surface area contributed by atoms with Gasteiger partial charge in [0.15, 0.2) is 0 Å². The van der Waals surface area contributed by atoms with Gasteiger partial charge in [-0.15, -0.1) is 0 Å². The van der Waals surface area contributed by atoms with Gasteiger partial charge in [-0.3, -0.25) is 9.36 Å². The van der Waals surface area contributed by atoms with E-state index in [4.69, 9.17) is 0 Å². The maximum Gasteiger partial charge on any atom is 0.263 e. The lowest BCUT2D eigenvalue weighted by atomic mass is 9.70. The van der Waals surface area contributed by atoms with Crippen molar-refractivity contribution in [3.8, 4) is 39.1 Å². The first kappa shape index (κ1) is 29.5. The molecule has 1 heterocycles. The summed E-state index contributed by atoms with van der Waals surface area (Å²) in [4.78, 5) is 15.4. The molecule has 0 atom stereocenters. The van der Waals surface area contributed by atoms with Crippen molar-refractivity contribution < 1.29 is 0 Å². The summed E-state index contributed by atoms with van der Waals surface area (Å²) in [6, 6.07) is 67.4. The second kappa shape index (κ2) is 10.8. The van der Waals surface area contributed by atoms with Gasteiger partial charge in [0.2, 0.25) is 0 Å². The van der Waals surface area contributed by atoms with Gasteiger partial charge >= 0.3 is 0 Å². The third-order valence-electron chi connectivity index (χ3n) is 12.2. The van der Waals surface area contributed by atoms with Gasteiger partial charge in [-0.05, 0) is 90.0 Å². The highest BCUT2D eigenvalue weighted by Crippen LogP contribution is 2.63. The van der Waals surface area contributed by atoms with Crippen LogP contribution in [0.5, 0.6) is 0 Å². The van der Waals surface area contributed by atoms with Crippen molar-refractivity contribution in [2.45, 2.75) is 5.41 Å². The van der Waals surface area contributed by atoms with Crippen LogP contribution in [0.15, 0.2) is 193 Å². The molecule has 1 spiro atoms. The number of benzene rings is 9. The van der Waals surface area contributed by atoms with Crippen molar-refractivity contribution in [2.24, 2.45) is 0 Å². The van der Waals surface area contributed by atoms with Gasteiger partial charge in [0.25, 0.3) is 5.56 Å². The van der Waals surface area contributed by atoms with Gasteiger partial charge in [-0.1, -0.05) is 170 Å². The standard InChI is InChI=1S/C52H31NO/c54-51-41-26-9-4-18-33(41)43-30-42-36-21-12-15-29-46(36)52(44-27-13-10-19-34(44)35-20-11-14-28-45(35)52)47(42)31-48(43)53(51)50-39-24-7-5-22-37(39)49(32-16-2-1-3-17-32)38-23-6-8-25-40(38)50/h1-31H. The number of nitrogens with zero attached hydrogens (tertiary/aromatic N) is 1. The highest BCUT2D eigenvalue weighted by atomic mass is 16.1. The highest BCUT2D eigenvalue weighted by molar-refractivity contribution is 6.19. The molecule has 1 aromatic heterocycles. The normalized spacial score (nSPS) is 13.4. The van der Waals surface area contributed by atoms with E-state index in [-0.39, 0.29) is 5.56 Å². The first-order chi connectivity index (χ1) is 26.7. The molecule has 0 saturated carbocycles. The Morgan fingerprint density at radius 1 is 0.352 bits per heavy atom. The SMILES string of the molecule is O=c1c2ccccc2c2cc3c(cc2n1-c1c2ccccc2c(-c2ccccc2)c2ccccc12)C1(c2ccccc2-c2ccccc21)c1ccccc1-3. The number of hydrogen-bond donors (Lipinski definition) is 0. The number of hydrogen-bond acceptors (Lipinski definition) is 1. The van der Waals surface area contributed by atoms with E-state index in [0.717, 1.165) is 49.1 Å². The van der Waals surface area contributed by atoms with E-state index in [1.54, 1.807) is 0 Å². The molecule has 0 N–H and O–H groups in total. The summed E-state index contributed by atoms with van der Waals surface area (Å²) in [7, 11) is 0. The molecule has 2 heteroatoms. The zero-order chi connectivity index (χ0) is 35.5. The van der Waals surface area contributed by atoms with Crippen molar-refractivity contribution in [2.75, 3.05) is 0 Å². The van der Waals surface area contributed by atoms with Crippen molar-refractivity contribution in [1.29, 1.82) is 0 Å². The summed E-state index contributed by atoms with van der Waals surface area (Å²) >= 11 is 0. The molecule has 0 saturated heterocycles. The molecule has 0 bridgehead atoms. The molecule has 10 aromatic rings. The molecule has 12 rings (SSSR count). The fourth-order valence-corrected chi connectivity index (χ4v) is 10.1. The molecule has 2 aliphatic rings. The predicted molar refractivity (Wildman–Crippen MR) is 224 cm³/mol. The first-order valence-electron chi connectivity index (χ1n) is 18.7. The molecule has 2 nitrogen and oxygen atoms in total. The maximum atomic E-state index is 15.4. The quantitative estimate of drug-likeness (QED) is 0.131. The van der Waals surface area contributed by atoms with E-state index >= 15 is 4.79 Å².